The van der Waals surface area contributed by atoms with Crippen molar-refractivity contribution >= 4 is 5.91 Å². The van der Waals surface area contributed by atoms with Crippen LogP contribution in [0.1, 0.15) is 200 Å². The van der Waals surface area contributed by atoms with E-state index in [-0.39, 0.29) is 12.5 Å². The predicted molar refractivity (Wildman–Crippen MR) is 179 cm³/mol. The molecule has 0 saturated heterocycles. The average Bonchev–Trinajstić information content (AvgIpc) is 2.96. The van der Waals surface area contributed by atoms with Gasteiger partial charge in [-0.3, -0.25) is 4.79 Å². The predicted octanol–water partition coefficient (Wildman–Crippen LogP) is 10.7. The summed E-state index contributed by atoms with van der Waals surface area (Å²) in [6.45, 7) is 3.43. The first kappa shape index (κ1) is 40.1. The van der Waals surface area contributed by atoms with Crippen LogP contribution < -0.4 is 5.32 Å². The minimum Gasteiger partial charge on any atom is -0.394 e. The van der Waals surface area contributed by atoms with Crippen molar-refractivity contribution in [3.63, 3.8) is 0 Å². The van der Waals surface area contributed by atoms with E-state index < -0.39 is 12.1 Å². The van der Waals surface area contributed by atoms with Crippen LogP contribution in [-0.2, 0) is 4.79 Å². The molecule has 0 aliphatic rings. The minimum atomic E-state index is -0.831. The molecule has 0 aliphatic heterocycles. The second kappa shape index (κ2) is 33.6. The molecule has 0 aliphatic carbocycles. The zero-order chi connectivity index (χ0) is 30.1. The minimum absolute atomic E-state index is 0.239. The Kier molecular flexibility index (Phi) is 32.9. The molecule has 0 fully saturated rings. The van der Waals surface area contributed by atoms with Crippen molar-refractivity contribution < 1.29 is 15.0 Å². The summed E-state index contributed by atoms with van der Waals surface area (Å²) in [5.74, 6) is -0.239. The van der Waals surface area contributed by atoms with E-state index in [0.29, 0.717) is 0 Å². The van der Waals surface area contributed by atoms with Crippen molar-refractivity contribution in [3.8, 4) is 0 Å². The quantitative estimate of drug-likeness (QED) is 0.0535. The smallest absolute Gasteiger partial charge is 0.217 e. The van der Waals surface area contributed by atoms with Crippen LogP contribution in [0, 0.1) is 0 Å². The molecule has 0 bridgehead atoms. The molecule has 0 heterocycles. The number of hydrogen-bond acceptors (Lipinski definition) is 3. The highest BCUT2D eigenvalue weighted by Gasteiger charge is 2.16. The van der Waals surface area contributed by atoms with Gasteiger partial charge in [-0.05, 0) is 12.8 Å². The van der Waals surface area contributed by atoms with E-state index in [1.54, 1.807) is 6.08 Å². The summed E-state index contributed by atoms with van der Waals surface area (Å²) >= 11 is 0. The van der Waals surface area contributed by atoms with E-state index in [2.05, 4.69) is 12.2 Å². The van der Waals surface area contributed by atoms with Crippen LogP contribution in [0.4, 0.5) is 0 Å². The number of aliphatic hydroxyl groups is 2. The lowest BCUT2D eigenvalue weighted by Crippen LogP contribution is -2.44. The number of allylic oxidation sites excluding steroid dienone is 1. The van der Waals surface area contributed by atoms with Gasteiger partial charge in [-0.15, -0.1) is 0 Å². The summed E-state index contributed by atoms with van der Waals surface area (Å²) in [6.07, 6.45) is 43.4. The van der Waals surface area contributed by atoms with Crippen LogP contribution in [-0.4, -0.2) is 34.9 Å². The molecule has 0 radical (unpaired) electrons. The first-order valence-corrected chi connectivity index (χ1v) is 18.3. The summed E-state index contributed by atoms with van der Waals surface area (Å²) in [7, 11) is 0. The summed E-state index contributed by atoms with van der Waals surface area (Å²) in [5.41, 5.74) is 0. The standard InChI is InChI=1S/C37H73NO3/c1-3-4-5-6-7-8-9-10-11-12-13-14-15-16-17-18-19-20-21-22-23-24-25-26-27-28-29-30-31-32-33-37(41)36(34-39)38-35(2)40/h32-33,36-37,39,41H,3-31,34H2,1-2H3,(H,38,40)/b33-32+. The molecule has 3 N–H and O–H groups in total. The van der Waals surface area contributed by atoms with Crippen molar-refractivity contribution in [1.29, 1.82) is 0 Å². The van der Waals surface area contributed by atoms with Gasteiger partial charge in [0.25, 0.3) is 0 Å². The summed E-state index contributed by atoms with van der Waals surface area (Å²) in [6, 6.07) is -0.618. The Morgan fingerprint density at radius 3 is 1.12 bits per heavy atom. The molecule has 0 saturated carbocycles. The lowest BCUT2D eigenvalue weighted by molar-refractivity contribution is -0.120. The molecular weight excluding hydrogens is 506 g/mol. The number of carbonyl (C=O) groups is 1. The lowest BCUT2D eigenvalue weighted by atomic mass is 10.0. The highest BCUT2D eigenvalue weighted by Crippen LogP contribution is 2.16. The van der Waals surface area contributed by atoms with E-state index in [1.165, 1.54) is 180 Å². The third-order valence-corrected chi connectivity index (χ3v) is 8.56. The van der Waals surface area contributed by atoms with Gasteiger partial charge in [0.15, 0.2) is 0 Å². The molecule has 1 amide bonds. The fraction of sp³-hybridized carbons (Fsp3) is 0.919. The second-order valence-corrected chi connectivity index (χ2v) is 12.7. The number of rotatable bonds is 33. The summed E-state index contributed by atoms with van der Waals surface area (Å²) < 4.78 is 0. The topological polar surface area (TPSA) is 69.6 Å². The normalized spacial score (nSPS) is 13.2. The highest BCUT2D eigenvalue weighted by atomic mass is 16.3. The Morgan fingerprint density at radius 1 is 0.561 bits per heavy atom. The van der Waals surface area contributed by atoms with Gasteiger partial charge in [-0.25, -0.2) is 0 Å². The Morgan fingerprint density at radius 2 is 0.854 bits per heavy atom. The van der Waals surface area contributed by atoms with Crippen molar-refractivity contribution in [3.05, 3.63) is 12.2 Å². The van der Waals surface area contributed by atoms with Crippen LogP contribution in [0.15, 0.2) is 12.2 Å². The second-order valence-electron chi connectivity index (χ2n) is 12.7. The number of unbranched alkanes of at least 4 members (excludes halogenated alkanes) is 28. The number of hydrogen-bond donors (Lipinski definition) is 3. The molecule has 4 nitrogen and oxygen atoms in total. The van der Waals surface area contributed by atoms with Gasteiger partial charge >= 0.3 is 0 Å². The maximum absolute atomic E-state index is 11.1. The summed E-state index contributed by atoms with van der Waals surface area (Å²) in [5, 5.41) is 21.8. The van der Waals surface area contributed by atoms with E-state index in [1.807, 2.05) is 6.08 Å². The molecule has 2 atom stereocenters. The third kappa shape index (κ3) is 31.9. The van der Waals surface area contributed by atoms with Crippen LogP contribution in [0.3, 0.4) is 0 Å². The molecule has 0 aromatic rings. The van der Waals surface area contributed by atoms with Crippen molar-refractivity contribution in [2.45, 2.75) is 212 Å². The first-order valence-electron chi connectivity index (χ1n) is 18.3. The van der Waals surface area contributed by atoms with Crippen molar-refractivity contribution in [1.82, 2.24) is 5.32 Å². The number of amides is 1. The Bertz CT molecular complexity index is 550. The van der Waals surface area contributed by atoms with Crippen molar-refractivity contribution in [2.24, 2.45) is 0 Å². The molecule has 0 aromatic heterocycles. The number of nitrogens with one attached hydrogen (secondary N) is 1. The maximum atomic E-state index is 11.1. The van der Waals surface area contributed by atoms with Gasteiger partial charge in [0.2, 0.25) is 5.91 Å². The van der Waals surface area contributed by atoms with Gasteiger partial charge in [-0.2, -0.15) is 0 Å². The number of carbonyl (C=O) groups excluding carboxylic acids is 1. The first-order chi connectivity index (χ1) is 20.1. The lowest BCUT2D eigenvalue weighted by Gasteiger charge is -2.18. The largest absolute Gasteiger partial charge is 0.394 e. The van der Waals surface area contributed by atoms with Crippen molar-refractivity contribution in [2.75, 3.05) is 6.61 Å². The molecule has 4 heteroatoms. The van der Waals surface area contributed by atoms with E-state index in [9.17, 15) is 15.0 Å². The number of aliphatic hydroxyl groups excluding tert-OH is 2. The van der Waals surface area contributed by atoms with E-state index in [0.717, 1.165) is 12.8 Å². The molecule has 244 valence electrons. The Hall–Kier alpha value is -0.870. The van der Waals surface area contributed by atoms with E-state index in [4.69, 9.17) is 0 Å². The SMILES string of the molecule is CCCCCCCCCCCCCCCCCCCCCCCCCCCCCC/C=C/C(O)C(CO)NC(C)=O. The summed E-state index contributed by atoms with van der Waals surface area (Å²) in [4.78, 5) is 11.1. The molecule has 41 heavy (non-hydrogen) atoms. The molecule has 0 rings (SSSR count). The van der Waals surface area contributed by atoms with Crippen LogP contribution >= 0.6 is 0 Å². The van der Waals surface area contributed by atoms with Gasteiger partial charge in [0.05, 0.1) is 18.8 Å². The molecular formula is C37H73NO3. The molecule has 0 aromatic carbocycles. The van der Waals surface area contributed by atoms with Crippen LogP contribution in [0.25, 0.3) is 0 Å². The molecule has 0 spiro atoms. The highest BCUT2D eigenvalue weighted by molar-refractivity contribution is 5.73. The average molecular weight is 580 g/mol. The zero-order valence-corrected chi connectivity index (χ0v) is 27.8. The van der Waals surface area contributed by atoms with Gasteiger partial charge in [0.1, 0.15) is 0 Å². The third-order valence-electron chi connectivity index (χ3n) is 8.56. The monoisotopic (exact) mass is 580 g/mol. The maximum Gasteiger partial charge on any atom is 0.217 e. The van der Waals surface area contributed by atoms with E-state index >= 15 is 0 Å². The van der Waals surface area contributed by atoms with Gasteiger partial charge in [-0.1, -0.05) is 192 Å². The Labute approximate surface area is 256 Å². The van der Waals surface area contributed by atoms with Crippen LogP contribution in [0.2, 0.25) is 0 Å². The fourth-order valence-corrected chi connectivity index (χ4v) is 5.80. The van der Waals surface area contributed by atoms with Gasteiger partial charge in [0, 0.05) is 6.92 Å². The zero-order valence-electron chi connectivity index (χ0n) is 27.8. The fourth-order valence-electron chi connectivity index (χ4n) is 5.80. The van der Waals surface area contributed by atoms with Gasteiger partial charge < -0.3 is 15.5 Å². The molecule has 2 unspecified atom stereocenters. The Balaban J connectivity index is 3.20. The van der Waals surface area contributed by atoms with Crippen LogP contribution in [0.5, 0.6) is 0 Å².